The third-order valence-electron chi connectivity index (χ3n) is 4.35. The van der Waals surface area contributed by atoms with Gasteiger partial charge in [0.1, 0.15) is 0 Å². The van der Waals surface area contributed by atoms with Gasteiger partial charge >= 0.3 is 0 Å². The largest absolute Gasteiger partial charge is 0.343 e. The Hall–Kier alpha value is -4.61. The molecule has 12 nitrogen and oxygen atoms in total. The molecule has 0 fully saturated rings. The molecule has 0 atom stereocenters. The Bertz CT molecular complexity index is 1160. The molecule has 0 unspecified atom stereocenters. The number of hydrogen-bond donors (Lipinski definition) is 2. The van der Waals surface area contributed by atoms with E-state index in [2.05, 4.69) is 15.7 Å². The summed E-state index contributed by atoms with van der Waals surface area (Å²) in [6, 6.07) is 10.3. The summed E-state index contributed by atoms with van der Waals surface area (Å²) in [5.74, 6) is -1.38. The summed E-state index contributed by atoms with van der Waals surface area (Å²) in [5, 5.41) is 31.1. The van der Waals surface area contributed by atoms with Crippen LogP contribution in [-0.2, 0) is 4.79 Å². The molecule has 3 aromatic rings. The first-order valence-corrected chi connectivity index (χ1v) is 8.88. The number of carbonyl (C=O) groups excluding carboxylic acids is 2. The Kier molecular flexibility index (Phi) is 6.00. The van der Waals surface area contributed by atoms with Crippen molar-refractivity contribution in [2.45, 2.75) is 6.92 Å². The van der Waals surface area contributed by atoms with Crippen molar-refractivity contribution >= 4 is 28.9 Å². The lowest BCUT2D eigenvalue weighted by Gasteiger charge is -2.09. The van der Waals surface area contributed by atoms with Crippen molar-refractivity contribution in [2.75, 3.05) is 11.9 Å². The van der Waals surface area contributed by atoms with E-state index in [0.29, 0.717) is 5.69 Å². The van der Waals surface area contributed by atoms with Gasteiger partial charge in [0.15, 0.2) is 0 Å². The monoisotopic (exact) mass is 424 g/mol. The zero-order chi connectivity index (χ0) is 22.5. The van der Waals surface area contributed by atoms with E-state index in [9.17, 15) is 29.8 Å². The van der Waals surface area contributed by atoms with E-state index in [1.54, 1.807) is 47.4 Å². The molecule has 0 saturated carbocycles. The van der Waals surface area contributed by atoms with Crippen LogP contribution in [-0.4, -0.2) is 38.0 Å². The molecular weight excluding hydrogens is 408 g/mol. The SMILES string of the molecule is Cc1c(C(=O)NCC(=O)Nc2ccc(-n3cccn3)cc2)cc([N+](=O)[O-])cc1[N+](=O)[O-]. The van der Waals surface area contributed by atoms with Crippen molar-refractivity contribution in [2.24, 2.45) is 0 Å². The lowest BCUT2D eigenvalue weighted by molar-refractivity contribution is -0.394. The number of nitrogens with one attached hydrogen (secondary N) is 2. The quantitative estimate of drug-likeness (QED) is 0.434. The molecule has 31 heavy (non-hydrogen) atoms. The highest BCUT2D eigenvalue weighted by Gasteiger charge is 2.24. The summed E-state index contributed by atoms with van der Waals surface area (Å²) in [6.45, 7) is 0.869. The predicted octanol–water partition coefficient (Wildman–Crippen LogP) is 2.37. The molecule has 0 aliphatic rings. The summed E-state index contributed by atoms with van der Waals surface area (Å²) >= 11 is 0. The van der Waals surface area contributed by atoms with Crippen molar-refractivity contribution in [1.29, 1.82) is 0 Å². The first-order chi connectivity index (χ1) is 14.8. The number of nitro benzene ring substituents is 2. The van der Waals surface area contributed by atoms with Gasteiger partial charge in [0.05, 0.1) is 33.7 Å². The van der Waals surface area contributed by atoms with E-state index in [1.807, 2.05) is 0 Å². The lowest BCUT2D eigenvalue weighted by Crippen LogP contribution is -2.33. The second kappa shape index (κ2) is 8.82. The van der Waals surface area contributed by atoms with Gasteiger partial charge in [0.2, 0.25) is 5.91 Å². The number of anilines is 1. The maximum absolute atomic E-state index is 12.4. The highest BCUT2D eigenvalue weighted by atomic mass is 16.6. The van der Waals surface area contributed by atoms with Crippen molar-refractivity contribution in [3.05, 3.63) is 86.2 Å². The third kappa shape index (κ3) is 4.87. The van der Waals surface area contributed by atoms with Crippen LogP contribution in [0.25, 0.3) is 5.69 Å². The molecule has 0 aliphatic heterocycles. The van der Waals surface area contributed by atoms with E-state index in [0.717, 1.165) is 17.8 Å². The molecule has 12 heteroatoms. The third-order valence-corrected chi connectivity index (χ3v) is 4.35. The summed E-state index contributed by atoms with van der Waals surface area (Å²) in [5.41, 5.74) is -0.165. The van der Waals surface area contributed by atoms with Crippen molar-refractivity contribution in [3.63, 3.8) is 0 Å². The summed E-state index contributed by atoms with van der Waals surface area (Å²) in [6.07, 6.45) is 3.40. The minimum Gasteiger partial charge on any atom is -0.343 e. The molecule has 1 heterocycles. The highest BCUT2D eigenvalue weighted by Crippen LogP contribution is 2.27. The number of nitrogens with zero attached hydrogens (tertiary/aromatic N) is 4. The Morgan fingerprint density at radius 3 is 2.39 bits per heavy atom. The molecule has 2 aromatic carbocycles. The number of aromatic nitrogens is 2. The molecule has 0 saturated heterocycles. The predicted molar refractivity (Wildman–Crippen MR) is 109 cm³/mol. The van der Waals surface area contributed by atoms with Gasteiger partial charge in [0, 0.05) is 29.7 Å². The molecular formula is C19H16N6O6. The number of carbonyl (C=O) groups is 2. The van der Waals surface area contributed by atoms with Crippen LogP contribution in [0.4, 0.5) is 17.1 Å². The van der Waals surface area contributed by atoms with Crippen LogP contribution >= 0.6 is 0 Å². The minimum absolute atomic E-state index is 0.0391. The van der Waals surface area contributed by atoms with E-state index in [4.69, 9.17) is 0 Å². The van der Waals surface area contributed by atoms with E-state index < -0.39 is 39.6 Å². The Labute approximate surface area is 174 Å². The van der Waals surface area contributed by atoms with Gasteiger partial charge in [-0.3, -0.25) is 29.8 Å². The maximum Gasteiger partial charge on any atom is 0.279 e. The number of amides is 2. The first kappa shape index (κ1) is 21.1. The minimum atomic E-state index is -0.839. The van der Waals surface area contributed by atoms with Gasteiger partial charge in [-0.05, 0) is 37.3 Å². The molecule has 2 N–H and O–H groups in total. The number of nitro groups is 2. The fourth-order valence-corrected chi connectivity index (χ4v) is 2.80. The molecule has 2 amide bonds. The molecule has 1 aromatic heterocycles. The van der Waals surface area contributed by atoms with Gasteiger partial charge in [0.25, 0.3) is 17.3 Å². The van der Waals surface area contributed by atoms with Crippen molar-refractivity contribution in [3.8, 4) is 5.69 Å². The van der Waals surface area contributed by atoms with E-state index >= 15 is 0 Å². The normalized spacial score (nSPS) is 10.4. The molecule has 0 radical (unpaired) electrons. The number of hydrogen-bond acceptors (Lipinski definition) is 7. The van der Waals surface area contributed by atoms with Crippen LogP contribution in [0.3, 0.4) is 0 Å². The standard InChI is InChI=1S/C19H16N6O6/c1-12-16(9-15(24(28)29)10-17(12)25(30)31)19(27)20-11-18(26)22-13-3-5-14(6-4-13)23-8-2-7-21-23/h2-10H,11H2,1H3,(H,20,27)(H,22,26). The maximum atomic E-state index is 12.4. The molecule has 0 spiro atoms. The topological polar surface area (TPSA) is 162 Å². The fraction of sp³-hybridized carbons (Fsp3) is 0.105. The van der Waals surface area contributed by atoms with E-state index in [-0.39, 0.29) is 11.1 Å². The molecule has 3 rings (SSSR count). The zero-order valence-electron chi connectivity index (χ0n) is 16.1. The van der Waals surface area contributed by atoms with Gasteiger partial charge in [-0.15, -0.1) is 0 Å². The van der Waals surface area contributed by atoms with Crippen LogP contribution in [0.15, 0.2) is 54.9 Å². The lowest BCUT2D eigenvalue weighted by atomic mass is 10.0. The summed E-state index contributed by atoms with van der Waals surface area (Å²) in [4.78, 5) is 45.0. The average molecular weight is 424 g/mol. The average Bonchev–Trinajstić information content (AvgIpc) is 3.27. The second-order valence-corrected chi connectivity index (χ2v) is 6.38. The van der Waals surface area contributed by atoms with Crippen molar-refractivity contribution in [1.82, 2.24) is 15.1 Å². The number of non-ortho nitro benzene ring substituents is 1. The highest BCUT2D eigenvalue weighted by molar-refractivity contribution is 6.01. The Balaban J connectivity index is 1.66. The second-order valence-electron chi connectivity index (χ2n) is 6.38. The molecule has 158 valence electrons. The smallest absolute Gasteiger partial charge is 0.279 e. The van der Waals surface area contributed by atoms with Crippen LogP contribution < -0.4 is 10.6 Å². The Morgan fingerprint density at radius 1 is 1.10 bits per heavy atom. The Morgan fingerprint density at radius 2 is 1.81 bits per heavy atom. The van der Waals surface area contributed by atoms with Gasteiger partial charge in [-0.1, -0.05) is 0 Å². The zero-order valence-corrected chi connectivity index (χ0v) is 16.1. The first-order valence-electron chi connectivity index (χ1n) is 8.88. The van der Waals surface area contributed by atoms with E-state index in [1.165, 1.54) is 6.92 Å². The molecule has 0 aliphatic carbocycles. The summed E-state index contributed by atoms with van der Waals surface area (Å²) in [7, 11) is 0. The van der Waals surface area contributed by atoms with Crippen LogP contribution in [0, 0.1) is 27.2 Å². The number of benzene rings is 2. The molecule has 0 bridgehead atoms. The van der Waals surface area contributed by atoms with Crippen LogP contribution in [0.5, 0.6) is 0 Å². The van der Waals surface area contributed by atoms with Crippen molar-refractivity contribution < 1.29 is 19.4 Å². The van der Waals surface area contributed by atoms with Crippen LogP contribution in [0.1, 0.15) is 15.9 Å². The fourth-order valence-electron chi connectivity index (χ4n) is 2.80. The summed E-state index contributed by atoms with van der Waals surface area (Å²) < 4.78 is 1.65. The van der Waals surface area contributed by atoms with Gasteiger partial charge in [-0.2, -0.15) is 5.10 Å². The van der Waals surface area contributed by atoms with Gasteiger partial charge < -0.3 is 10.6 Å². The van der Waals surface area contributed by atoms with Gasteiger partial charge in [-0.25, -0.2) is 4.68 Å². The van der Waals surface area contributed by atoms with Crippen LogP contribution in [0.2, 0.25) is 0 Å². The number of rotatable bonds is 7.